The lowest BCUT2D eigenvalue weighted by Gasteiger charge is -2.28. The van der Waals surface area contributed by atoms with E-state index in [4.69, 9.17) is 10.5 Å². The van der Waals surface area contributed by atoms with Crippen LogP contribution < -0.4 is 16.0 Å². The van der Waals surface area contributed by atoms with Gasteiger partial charge >= 0.3 is 6.09 Å². The Labute approximate surface area is 220 Å². The van der Waals surface area contributed by atoms with Crippen LogP contribution in [-0.4, -0.2) is 58.0 Å². The topological polar surface area (TPSA) is 148 Å². The third-order valence-corrected chi connectivity index (χ3v) is 6.47. The van der Waals surface area contributed by atoms with Crippen LogP contribution in [-0.2, 0) is 21.5 Å². The molecule has 4 rings (SSSR count). The number of carbonyl (C=O) groups excluding carboxylic acids is 2. The highest BCUT2D eigenvalue weighted by Gasteiger charge is 2.51. The van der Waals surface area contributed by atoms with Crippen molar-refractivity contribution in [1.29, 1.82) is 5.41 Å². The lowest BCUT2D eigenvalue weighted by Crippen LogP contribution is -2.47. The fourth-order valence-corrected chi connectivity index (χ4v) is 4.59. The molecule has 5 N–H and O–H groups in total. The minimum atomic E-state index is -1.28. The van der Waals surface area contributed by atoms with Gasteiger partial charge < -0.3 is 21.1 Å². The number of amides is 3. The van der Waals surface area contributed by atoms with Crippen LogP contribution in [0, 0.1) is 5.41 Å². The van der Waals surface area contributed by atoms with E-state index in [0.29, 0.717) is 25.9 Å². The highest BCUT2D eigenvalue weighted by molar-refractivity contribution is 6.10. The number of aromatic nitrogens is 1. The number of guanidine groups is 1. The molecule has 10 heteroatoms. The average Bonchev–Trinajstić information content (AvgIpc) is 3.19. The summed E-state index contributed by atoms with van der Waals surface area (Å²) in [5, 5.41) is 25.8. The number of unbranched alkanes of at least 4 members (excludes halogenated alkanes) is 1. The predicted molar refractivity (Wildman–Crippen MR) is 141 cm³/mol. The van der Waals surface area contributed by atoms with Crippen molar-refractivity contribution >= 4 is 23.9 Å². The Morgan fingerprint density at radius 1 is 0.974 bits per heavy atom. The van der Waals surface area contributed by atoms with Crippen LogP contribution in [0.1, 0.15) is 29.5 Å². The van der Waals surface area contributed by atoms with Gasteiger partial charge in [0.15, 0.2) is 11.5 Å². The number of nitrogens with zero attached hydrogens (tertiary/aromatic N) is 2. The van der Waals surface area contributed by atoms with Crippen molar-refractivity contribution in [3.05, 3.63) is 102 Å². The predicted octanol–water partition coefficient (Wildman–Crippen LogP) is 2.47. The summed E-state index contributed by atoms with van der Waals surface area (Å²) in [5.74, 6) is -0.634. The third-order valence-electron chi connectivity index (χ3n) is 6.47. The maximum absolute atomic E-state index is 13.8. The van der Waals surface area contributed by atoms with Crippen LogP contribution in [0.25, 0.3) is 0 Å². The van der Waals surface area contributed by atoms with Crippen LogP contribution in [0.15, 0.2) is 85.2 Å². The molecule has 10 nitrogen and oxygen atoms in total. The summed E-state index contributed by atoms with van der Waals surface area (Å²) in [5.41, 5.74) is 1.10. The molecule has 1 fully saturated rings. The second-order valence-corrected chi connectivity index (χ2v) is 8.97. The van der Waals surface area contributed by atoms with Crippen LogP contribution in [0.3, 0.4) is 0 Å². The molecule has 0 saturated carbocycles. The van der Waals surface area contributed by atoms with Crippen molar-refractivity contribution in [3.63, 3.8) is 0 Å². The van der Waals surface area contributed by atoms with Gasteiger partial charge in [-0.2, -0.15) is 0 Å². The number of pyridine rings is 1. The lowest BCUT2D eigenvalue weighted by atomic mass is 9.82. The van der Waals surface area contributed by atoms with Gasteiger partial charge in [-0.15, -0.1) is 0 Å². The fourth-order valence-electron chi connectivity index (χ4n) is 4.59. The largest absolute Gasteiger partial charge is 0.465 e. The van der Waals surface area contributed by atoms with Crippen molar-refractivity contribution < 1.29 is 19.5 Å². The maximum Gasteiger partial charge on any atom is 0.405 e. The highest BCUT2D eigenvalue weighted by Crippen LogP contribution is 2.35. The monoisotopic (exact) mass is 514 g/mol. The Balaban J connectivity index is 1.35. The van der Waals surface area contributed by atoms with Crippen molar-refractivity contribution in [1.82, 2.24) is 25.8 Å². The van der Waals surface area contributed by atoms with Gasteiger partial charge in [0.1, 0.15) is 6.04 Å². The molecule has 0 spiro atoms. The van der Waals surface area contributed by atoms with Gasteiger partial charge in [0.25, 0.3) is 5.91 Å². The average molecular weight is 515 g/mol. The molecule has 196 valence electrons. The first-order valence-electron chi connectivity index (χ1n) is 12.4. The summed E-state index contributed by atoms with van der Waals surface area (Å²) < 4.78 is 0. The molecule has 3 aromatic rings. The summed E-state index contributed by atoms with van der Waals surface area (Å²) in [6.45, 7) is 0.605. The summed E-state index contributed by atoms with van der Waals surface area (Å²) in [6, 6.07) is 21.2. The molecule has 3 amide bonds. The first-order chi connectivity index (χ1) is 18.4. The first-order valence-corrected chi connectivity index (χ1v) is 12.4. The van der Waals surface area contributed by atoms with E-state index in [0.717, 1.165) is 16.7 Å². The van der Waals surface area contributed by atoms with Gasteiger partial charge in [0, 0.05) is 31.9 Å². The number of carbonyl (C=O) groups is 3. The summed E-state index contributed by atoms with van der Waals surface area (Å²) in [6.07, 6.45) is 3.17. The Bertz CT molecular complexity index is 1230. The molecule has 0 bridgehead atoms. The van der Waals surface area contributed by atoms with E-state index in [9.17, 15) is 14.4 Å². The summed E-state index contributed by atoms with van der Waals surface area (Å²) in [4.78, 5) is 42.9. The second-order valence-electron chi connectivity index (χ2n) is 8.97. The van der Waals surface area contributed by atoms with E-state index in [-0.39, 0.29) is 18.3 Å². The molecule has 2 heterocycles. The minimum absolute atomic E-state index is 0.0230. The Morgan fingerprint density at radius 3 is 2.16 bits per heavy atom. The van der Waals surface area contributed by atoms with Gasteiger partial charge in [-0.05, 0) is 41.7 Å². The number of carboxylic acid groups (broad SMARTS) is 1. The van der Waals surface area contributed by atoms with Gasteiger partial charge in [0.2, 0.25) is 5.91 Å². The van der Waals surface area contributed by atoms with E-state index in [2.05, 4.69) is 20.9 Å². The molecule has 2 aromatic carbocycles. The van der Waals surface area contributed by atoms with Crippen molar-refractivity contribution in [2.75, 3.05) is 13.1 Å². The van der Waals surface area contributed by atoms with Gasteiger partial charge in [-0.3, -0.25) is 24.9 Å². The number of rotatable bonds is 11. The first kappa shape index (κ1) is 26.3. The fraction of sp³-hybridized carbons (Fsp3) is 0.250. The maximum atomic E-state index is 13.8. The molecule has 38 heavy (non-hydrogen) atoms. The molecule has 1 saturated heterocycles. The molecule has 1 aromatic heterocycles. The lowest BCUT2D eigenvalue weighted by molar-refractivity contribution is -0.130. The Kier molecular flexibility index (Phi) is 8.32. The Hall–Kier alpha value is -4.73. The van der Waals surface area contributed by atoms with Crippen molar-refractivity contribution in [2.45, 2.75) is 30.8 Å². The summed E-state index contributed by atoms with van der Waals surface area (Å²) in [7, 11) is 0. The molecule has 0 unspecified atom stereocenters. The van der Waals surface area contributed by atoms with E-state index in [1.807, 2.05) is 60.7 Å². The smallest absolute Gasteiger partial charge is 0.405 e. The molecule has 1 aliphatic heterocycles. The minimum Gasteiger partial charge on any atom is -0.465 e. The standard InChI is InChI=1S/C28H30N6O4/c29-26-33-28(21-9-3-1-4-10-21,22-11-5-2-6-12-22)25(36)34(26)18-8-7-15-31-24(35)23(32-27(37)38)19-20-13-16-30-17-14-20/h1-6,9-14,16-17,23,32H,7-8,15,18-19H2,(H2,29,33)(H,31,35)(H,37,38)/t23-/m0/s1. The Morgan fingerprint density at radius 2 is 1.58 bits per heavy atom. The van der Waals surface area contributed by atoms with Crippen LogP contribution in [0.2, 0.25) is 0 Å². The van der Waals surface area contributed by atoms with Gasteiger partial charge in [0.05, 0.1) is 0 Å². The van der Waals surface area contributed by atoms with Crippen molar-refractivity contribution in [3.8, 4) is 0 Å². The van der Waals surface area contributed by atoms with Crippen LogP contribution >= 0.6 is 0 Å². The number of hydrogen-bond acceptors (Lipinski definition) is 5. The third kappa shape index (κ3) is 5.80. The zero-order valence-electron chi connectivity index (χ0n) is 20.8. The molecule has 1 aliphatic rings. The summed E-state index contributed by atoms with van der Waals surface area (Å²) >= 11 is 0. The van der Waals surface area contributed by atoms with E-state index in [1.165, 1.54) is 4.90 Å². The second kappa shape index (κ2) is 12.0. The number of benzene rings is 2. The van der Waals surface area contributed by atoms with E-state index >= 15 is 0 Å². The SMILES string of the molecule is N=C1NC(c2ccccc2)(c2ccccc2)C(=O)N1CCCCNC(=O)[C@H](Cc1ccncc1)NC(=O)O. The molecule has 1 atom stereocenters. The highest BCUT2D eigenvalue weighted by atomic mass is 16.4. The number of hydrogen-bond donors (Lipinski definition) is 5. The van der Waals surface area contributed by atoms with Gasteiger partial charge in [-0.1, -0.05) is 60.7 Å². The molecule has 0 radical (unpaired) electrons. The molecule has 0 aliphatic carbocycles. The van der Waals surface area contributed by atoms with E-state index < -0.39 is 23.6 Å². The normalized spacial score (nSPS) is 15.0. The molecular weight excluding hydrogens is 484 g/mol. The molecular formula is C28H30N6O4. The zero-order valence-corrected chi connectivity index (χ0v) is 20.8. The van der Waals surface area contributed by atoms with E-state index in [1.54, 1.807) is 24.5 Å². The quantitative estimate of drug-likeness (QED) is 0.248. The number of nitrogens with one attached hydrogen (secondary N) is 4. The van der Waals surface area contributed by atoms with Gasteiger partial charge in [-0.25, -0.2) is 4.79 Å². The zero-order chi connectivity index (χ0) is 27.0. The van der Waals surface area contributed by atoms with Crippen LogP contribution in [0.5, 0.6) is 0 Å². The van der Waals surface area contributed by atoms with Crippen molar-refractivity contribution in [2.24, 2.45) is 0 Å². The van der Waals surface area contributed by atoms with Crippen LogP contribution in [0.4, 0.5) is 4.79 Å².